The smallest absolute Gasteiger partial charge is 0.261 e. The van der Waals surface area contributed by atoms with Crippen molar-refractivity contribution >= 4 is 36.1 Å². The number of carbonyl (C=O) groups is 1. The van der Waals surface area contributed by atoms with Crippen LogP contribution in [0.25, 0.3) is 0 Å². The van der Waals surface area contributed by atoms with Gasteiger partial charge in [0.15, 0.2) is 5.78 Å². The van der Waals surface area contributed by atoms with Crippen LogP contribution in [-0.2, 0) is 9.22 Å². The Morgan fingerprint density at radius 3 is 1.79 bits per heavy atom. The highest BCUT2D eigenvalue weighted by Gasteiger charge is 2.51. The Hall–Kier alpha value is -1.42. The van der Waals surface area contributed by atoms with Crippen molar-refractivity contribution in [2.45, 2.75) is 57.6 Å². The lowest BCUT2D eigenvalue weighted by atomic mass is 9.85. The molecule has 3 rings (SSSR count). The summed E-state index contributed by atoms with van der Waals surface area (Å²) in [6, 6.07) is 21.5. The maximum absolute atomic E-state index is 12.0. The van der Waals surface area contributed by atoms with E-state index in [0.717, 1.165) is 25.7 Å². The summed E-state index contributed by atoms with van der Waals surface area (Å²) >= 11 is 5.77. The number of ketones is 1. The number of Topliss-reactive ketones (excluding diaryl/α,β-unsaturated/α-hetero) is 1. The highest BCUT2D eigenvalue weighted by atomic mass is 35.5. The fraction of sp³-hybridized carbons (Fsp3) is 0.458. The van der Waals surface area contributed by atoms with Crippen molar-refractivity contribution in [3.05, 3.63) is 60.7 Å². The summed E-state index contributed by atoms with van der Waals surface area (Å²) < 4.78 is 7.17. The second-order valence-electron chi connectivity index (χ2n) is 8.85. The van der Waals surface area contributed by atoms with Crippen LogP contribution in [0.1, 0.15) is 46.5 Å². The molecule has 2 nitrogen and oxygen atoms in total. The molecular formula is C24H31ClO2Si. The summed E-state index contributed by atoms with van der Waals surface area (Å²) in [5, 5.41) is 2.61. The third kappa shape index (κ3) is 4.27. The maximum atomic E-state index is 12.0. The number of hydrogen-bond acceptors (Lipinski definition) is 2. The average Bonchev–Trinajstić information content (AvgIpc) is 2.72. The Kier molecular flexibility index (Phi) is 6.80. The molecule has 1 fully saturated rings. The zero-order chi connectivity index (χ0) is 20.2. The average molecular weight is 415 g/mol. The van der Waals surface area contributed by atoms with E-state index in [0.29, 0.717) is 0 Å². The molecule has 2 aromatic rings. The van der Waals surface area contributed by atoms with E-state index in [1.54, 1.807) is 0 Å². The van der Waals surface area contributed by atoms with Crippen LogP contribution in [0.4, 0.5) is 0 Å². The first-order valence-electron chi connectivity index (χ1n) is 10.3. The molecule has 28 heavy (non-hydrogen) atoms. The first kappa shape index (κ1) is 21.3. The molecule has 1 aliphatic carbocycles. The van der Waals surface area contributed by atoms with Gasteiger partial charge >= 0.3 is 0 Å². The van der Waals surface area contributed by atoms with E-state index in [2.05, 4.69) is 81.4 Å². The van der Waals surface area contributed by atoms with Crippen molar-refractivity contribution in [1.29, 1.82) is 0 Å². The molecule has 0 N–H and O–H groups in total. The van der Waals surface area contributed by atoms with Crippen LogP contribution in [-0.4, -0.2) is 26.1 Å². The van der Waals surface area contributed by atoms with Gasteiger partial charge in [-0.3, -0.25) is 4.79 Å². The van der Waals surface area contributed by atoms with E-state index in [1.165, 1.54) is 10.4 Å². The van der Waals surface area contributed by atoms with Gasteiger partial charge in [-0.05, 0) is 41.1 Å². The Balaban J connectivity index is 1.97. The number of hydrogen-bond donors (Lipinski definition) is 0. The van der Waals surface area contributed by atoms with Gasteiger partial charge in [-0.25, -0.2) is 0 Å². The summed E-state index contributed by atoms with van der Waals surface area (Å²) in [7, 11) is -2.51. The number of carbonyl (C=O) groups excluding carboxylic acids is 1. The summed E-state index contributed by atoms with van der Waals surface area (Å²) in [4.78, 5) is 12.0. The Labute approximate surface area is 175 Å². The molecule has 0 bridgehead atoms. The summed E-state index contributed by atoms with van der Waals surface area (Å²) in [5.74, 6) is 0.423. The van der Waals surface area contributed by atoms with Crippen molar-refractivity contribution in [2.24, 2.45) is 5.92 Å². The van der Waals surface area contributed by atoms with Gasteiger partial charge in [-0.2, -0.15) is 0 Å². The van der Waals surface area contributed by atoms with E-state index in [-0.39, 0.29) is 28.7 Å². The number of rotatable bonds is 6. The van der Waals surface area contributed by atoms with Gasteiger partial charge in [-0.1, -0.05) is 81.4 Å². The van der Waals surface area contributed by atoms with Crippen LogP contribution in [0.15, 0.2) is 60.7 Å². The molecular weight excluding hydrogens is 384 g/mol. The van der Waals surface area contributed by atoms with Gasteiger partial charge in [0.25, 0.3) is 8.32 Å². The summed E-state index contributed by atoms with van der Waals surface area (Å²) in [5.41, 5.74) is 0. The minimum Gasteiger partial charge on any atom is -0.404 e. The van der Waals surface area contributed by atoms with Gasteiger partial charge in [0.2, 0.25) is 0 Å². The predicted octanol–water partition coefficient (Wildman–Crippen LogP) is 4.93. The fourth-order valence-corrected chi connectivity index (χ4v) is 9.52. The van der Waals surface area contributed by atoms with Crippen molar-refractivity contribution in [2.75, 3.05) is 5.88 Å². The number of halogens is 1. The molecule has 0 aliphatic heterocycles. The molecule has 0 atom stereocenters. The SMILES string of the molecule is CC(C)(C)[Si](O[C@H]1CC[C@H](C(=O)CCl)CC1)(c1ccccc1)c1ccccc1. The monoisotopic (exact) mass is 414 g/mol. The first-order valence-corrected chi connectivity index (χ1v) is 12.7. The molecule has 0 heterocycles. The topological polar surface area (TPSA) is 26.3 Å². The zero-order valence-electron chi connectivity index (χ0n) is 17.2. The molecule has 150 valence electrons. The van der Waals surface area contributed by atoms with E-state index >= 15 is 0 Å². The van der Waals surface area contributed by atoms with Crippen LogP contribution in [0.3, 0.4) is 0 Å². The van der Waals surface area contributed by atoms with Gasteiger partial charge in [0, 0.05) is 12.0 Å². The molecule has 0 spiro atoms. The molecule has 0 unspecified atom stereocenters. The molecule has 0 radical (unpaired) electrons. The highest BCUT2D eigenvalue weighted by molar-refractivity contribution is 6.99. The molecule has 1 aliphatic rings. The molecule has 0 aromatic heterocycles. The number of alkyl halides is 1. The van der Waals surface area contributed by atoms with Gasteiger partial charge < -0.3 is 4.43 Å². The fourth-order valence-electron chi connectivity index (χ4n) is 4.55. The minimum absolute atomic E-state index is 0.0154. The molecule has 0 amide bonds. The van der Waals surface area contributed by atoms with Crippen molar-refractivity contribution in [3.63, 3.8) is 0 Å². The van der Waals surface area contributed by atoms with Crippen LogP contribution in [0.5, 0.6) is 0 Å². The van der Waals surface area contributed by atoms with Gasteiger partial charge in [0.05, 0.1) is 5.88 Å². The van der Waals surface area contributed by atoms with E-state index in [4.69, 9.17) is 16.0 Å². The van der Waals surface area contributed by atoms with Crippen molar-refractivity contribution in [1.82, 2.24) is 0 Å². The standard InChI is InChI=1S/C24H31ClO2Si/c1-24(2,3)28(21-10-6-4-7-11-21,22-12-8-5-9-13-22)27-20-16-14-19(15-17-20)23(26)18-25/h4-13,19-20H,14-18H2,1-3H3/t19-,20-. The summed E-state index contributed by atoms with van der Waals surface area (Å²) in [6.07, 6.45) is 3.81. The summed E-state index contributed by atoms with van der Waals surface area (Å²) in [6.45, 7) is 6.92. The molecule has 0 saturated heterocycles. The van der Waals surface area contributed by atoms with Gasteiger partial charge in [-0.15, -0.1) is 11.6 Å². The van der Waals surface area contributed by atoms with Crippen LogP contribution in [0, 0.1) is 5.92 Å². The Morgan fingerprint density at radius 2 is 1.39 bits per heavy atom. The number of benzene rings is 2. The van der Waals surface area contributed by atoms with E-state index in [1.807, 2.05) is 0 Å². The lowest BCUT2D eigenvalue weighted by molar-refractivity contribution is -0.121. The third-order valence-corrected chi connectivity index (χ3v) is 11.4. The van der Waals surface area contributed by atoms with Crippen LogP contribution < -0.4 is 10.4 Å². The minimum atomic E-state index is -2.51. The Morgan fingerprint density at radius 1 is 0.929 bits per heavy atom. The quantitative estimate of drug-likeness (QED) is 0.494. The van der Waals surface area contributed by atoms with Gasteiger partial charge in [0.1, 0.15) is 0 Å². The molecule has 1 saturated carbocycles. The first-order chi connectivity index (χ1) is 13.4. The van der Waals surface area contributed by atoms with Crippen molar-refractivity contribution < 1.29 is 9.22 Å². The lowest BCUT2D eigenvalue weighted by Crippen LogP contribution is -2.67. The maximum Gasteiger partial charge on any atom is 0.261 e. The zero-order valence-corrected chi connectivity index (χ0v) is 18.9. The largest absolute Gasteiger partial charge is 0.404 e. The predicted molar refractivity (Wildman–Crippen MR) is 120 cm³/mol. The van der Waals surface area contributed by atoms with Crippen LogP contribution in [0.2, 0.25) is 5.04 Å². The normalized spacial score (nSPS) is 20.7. The second kappa shape index (κ2) is 8.94. The Bertz CT molecular complexity index is 723. The van der Waals surface area contributed by atoms with Crippen molar-refractivity contribution in [3.8, 4) is 0 Å². The third-order valence-electron chi connectivity index (χ3n) is 6.02. The molecule has 4 heteroatoms. The van der Waals surface area contributed by atoms with E-state index < -0.39 is 8.32 Å². The molecule has 2 aromatic carbocycles. The second-order valence-corrected chi connectivity index (χ2v) is 13.4. The highest BCUT2D eigenvalue weighted by Crippen LogP contribution is 2.39. The van der Waals surface area contributed by atoms with E-state index in [9.17, 15) is 4.79 Å². The van der Waals surface area contributed by atoms with Crippen LogP contribution >= 0.6 is 11.6 Å². The lowest BCUT2D eigenvalue weighted by Gasteiger charge is -2.46.